The van der Waals surface area contributed by atoms with Gasteiger partial charge in [-0.3, -0.25) is 0 Å². The van der Waals surface area contributed by atoms with Crippen molar-refractivity contribution in [1.29, 1.82) is 0 Å². The van der Waals surface area contributed by atoms with Gasteiger partial charge in [-0.05, 0) is 83.0 Å². The van der Waals surface area contributed by atoms with Crippen LogP contribution in [0.15, 0.2) is 34.9 Å². The molecule has 0 aromatic heterocycles. The zero-order chi connectivity index (χ0) is 28.0. The van der Waals surface area contributed by atoms with Crippen LogP contribution in [0.4, 0.5) is 0 Å². The highest BCUT2D eigenvalue weighted by molar-refractivity contribution is 6.74. The lowest BCUT2D eigenvalue weighted by Crippen LogP contribution is -2.57. The van der Waals surface area contributed by atoms with Gasteiger partial charge < -0.3 is 24.5 Å². The minimum atomic E-state index is -2.01. The van der Waals surface area contributed by atoms with Crippen LogP contribution in [0.25, 0.3) is 0 Å². The summed E-state index contributed by atoms with van der Waals surface area (Å²) in [6.07, 6.45) is 10.5. The third-order valence-corrected chi connectivity index (χ3v) is 14.8. The third-order valence-electron chi connectivity index (χ3n) is 10.4. The first-order valence-electron chi connectivity index (χ1n) is 14.3. The summed E-state index contributed by atoms with van der Waals surface area (Å²) in [5.74, 6) is -2.61. The highest BCUT2D eigenvalue weighted by atomic mass is 28.4. The topological polar surface area (TPSA) is 79.2 Å². The second-order valence-corrected chi connectivity index (χ2v) is 18.9. The van der Waals surface area contributed by atoms with Gasteiger partial charge in [-0.25, -0.2) is 0 Å². The number of allylic oxidation sites excluding steroid dienone is 5. The zero-order valence-corrected chi connectivity index (χ0v) is 26.1. The van der Waals surface area contributed by atoms with Crippen LogP contribution >= 0.6 is 0 Å². The van der Waals surface area contributed by atoms with E-state index < -0.39 is 31.2 Å². The standard InChI is InChI=1S/C31H54O5Si/c1-21-12-11-13-22(2)18-19-29(8)26(30(33)24(4)20-35-31(30,34)27(29)32)17-15-23(3)25(16-14-21)36-37(9,10)28(5,6)7/h12,15,18,24-27,32-34H,11,13-14,16-17,19-20H2,1-10H3/b21-12+,22-18+,23-15+/t24-,25+,26+,27-,29+,30+,31+/m1/s1. The summed E-state index contributed by atoms with van der Waals surface area (Å²) in [7, 11) is -2.01. The quantitative estimate of drug-likeness (QED) is 0.273. The number of ether oxygens (including phenoxy) is 1. The fourth-order valence-corrected chi connectivity index (χ4v) is 7.80. The van der Waals surface area contributed by atoms with E-state index in [0.29, 0.717) is 12.8 Å². The minimum Gasteiger partial charge on any atom is -0.410 e. The number of fused-ring (bicyclic) bond motifs is 3. The number of aliphatic hydroxyl groups excluding tert-OH is 1. The summed E-state index contributed by atoms with van der Waals surface area (Å²) in [4.78, 5) is 0. The SMILES string of the molecule is C/C1=C\C[C@]2(C)[C@@H](O)[C@]3(O)OC[C@@H](C)[C@]3(O)[C@H]2C/C=C(\C)[C@@H](O[Si](C)(C)C(C)(C)C)CC/C(C)=C/CC1. The normalized spacial score (nSPS) is 44.8. The Kier molecular flexibility index (Phi) is 8.87. The molecule has 6 heteroatoms. The van der Waals surface area contributed by atoms with Crippen LogP contribution in [0, 0.1) is 17.3 Å². The van der Waals surface area contributed by atoms with Crippen LogP contribution in [0.3, 0.4) is 0 Å². The smallest absolute Gasteiger partial charge is 0.223 e. The molecular weight excluding hydrogens is 480 g/mol. The Morgan fingerprint density at radius 1 is 1.03 bits per heavy atom. The number of hydrogen-bond acceptors (Lipinski definition) is 5. The van der Waals surface area contributed by atoms with Gasteiger partial charge in [-0.2, -0.15) is 0 Å². The minimum absolute atomic E-state index is 0.00223. The van der Waals surface area contributed by atoms with Gasteiger partial charge in [0.1, 0.15) is 11.7 Å². The zero-order valence-electron chi connectivity index (χ0n) is 25.1. The number of hydrogen-bond donors (Lipinski definition) is 3. The van der Waals surface area contributed by atoms with Crippen molar-refractivity contribution in [2.24, 2.45) is 17.3 Å². The van der Waals surface area contributed by atoms with Crippen molar-refractivity contribution in [3.8, 4) is 0 Å². The Morgan fingerprint density at radius 2 is 1.65 bits per heavy atom. The second-order valence-electron chi connectivity index (χ2n) is 14.1. The van der Waals surface area contributed by atoms with Crippen molar-refractivity contribution >= 4 is 8.32 Å². The van der Waals surface area contributed by atoms with Gasteiger partial charge in [-0.1, -0.05) is 64.0 Å². The van der Waals surface area contributed by atoms with Crippen LogP contribution in [0.1, 0.15) is 93.9 Å². The van der Waals surface area contributed by atoms with E-state index in [1.807, 2.05) is 13.8 Å². The van der Waals surface area contributed by atoms with E-state index in [0.717, 1.165) is 25.7 Å². The van der Waals surface area contributed by atoms with Crippen LogP contribution in [-0.2, 0) is 9.16 Å². The molecule has 1 saturated carbocycles. The number of rotatable bonds is 2. The summed E-state index contributed by atoms with van der Waals surface area (Å²) in [5, 5.41) is 35.2. The predicted octanol–water partition coefficient (Wildman–Crippen LogP) is 6.65. The van der Waals surface area contributed by atoms with Crippen molar-refractivity contribution < 1.29 is 24.5 Å². The molecule has 3 N–H and O–H groups in total. The molecule has 5 nitrogen and oxygen atoms in total. The van der Waals surface area contributed by atoms with Gasteiger partial charge >= 0.3 is 0 Å². The second kappa shape index (κ2) is 10.7. The van der Waals surface area contributed by atoms with Gasteiger partial charge in [0, 0.05) is 17.3 Å². The van der Waals surface area contributed by atoms with Gasteiger partial charge in [0.15, 0.2) is 8.32 Å². The molecular formula is C31H54O5Si. The van der Waals surface area contributed by atoms with Gasteiger partial charge in [0.25, 0.3) is 0 Å². The molecule has 7 atom stereocenters. The summed E-state index contributed by atoms with van der Waals surface area (Å²) >= 11 is 0. The van der Waals surface area contributed by atoms with E-state index in [1.54, 1.807) is 0 Å². The molecule has 3 rings (SSSR count). The maximum Gasteiger partial charge on any atom is 0.223 e. The largest absolute Gasteiger partial charge is 0.410 e. The predicted molar refractivity (Wildman–Crippen MR) is 154 cm³/mol. The Bertz CT molecular complexity index is 930. The highest BCUT2D eigenvalue weighted by Crippen LogP contribution is 2.63. The van der Waals surface area contributed by atoms with Crippen molar-refractivity contribution in [1.82, 2.24) is 0 Å². The molecule has 1 saturated heterocycles. The highest BCUT2D eigenvalue weighted by Gasteiger charge is 2.77. The molecule has 0 unspecified atom stereocenters. The van der Waals surface area contributed by atoms with E-state index in [4.69, 9.17) is 9.16 Å². The Balaban J connectivity index is 2.06. The molecule has 2 aliphatic carbocycles. The first-order valence-corrected chi connectivity index (χ1v) is 17.2. The van der Waals surface area contributed by atoms with Crippen molar-refractivity contribution in [2.45, 2.75) is 136 Å². The lowest BCUT2D eigenvalue weighted by molar-refractivity contribution is -0.284. The van der Waals surface area contributed by atoms with E-state index in [1.165, 1.54) is 16.7 Å². The Labute approximate surface area is 227 Å². The summed E-state index contributed by atoms with van der Waals surface area (Å²) < 4.78 is 12.7. The lowest BCUT2D eigenvalue weighted by Gasteiger charge is -2.41. The van der Waals surface area contributed by atoms with Gasteiger partial charge in [0.05, 0.1) is 12.7 Å². The molecule has 0 aromatic rings. The van der Waals surface area contributed by atoms with E-state index in [-0.39, 0.29) is 29.6 Å². The van der Waals surface area contributed by atoms with Crippen molar-refractivity contribution in [3.05, 3.63) is 34.9 Å². The molecule has 1 heterocycles. The molecule has 0 aromatic carbocycles. The fraction of sp³-hybridized carbons (Fsp3) is 0.806. The molecule has 1 aliphatic heterocycles. The average Bonchev–Trinajstić information content (AvgIpc) is 3.09. The van der Waals surface area contributed by atoms with Gasteiger partial charge in [0.2, 0.25) is 5.79 Å². The van der Waals surface area contributed by atoms with Gasteiger partial charge in [-0.15, -0.1) is 0 Å². The van der Waals surface area contributed by atoms with E-state index in [2.05, 4.69) is 72.9 Å². The Hall–Kier alpha value is -0.763. The first-order chi connectivity index (χ1) is 16.9. The van der Waals surface area contributed by atoms with Crippen LogP contribution < -0.4 is 0 Å². The molecule has 3 aliphatic rings. The van der Waals surface area contributed by atoms with Crippen molar-refractivity contribution in [3.63, 3.8) is 0 Å². The monoisotopic (exact) mass is 534 g/mol. The molecule has 37 heavy (non-hydrogen) atoms. The molecule has 0 amide bonds. The summed E-state index contributed by atoms with van der Waals surface area (Å²) in [5.41, 5.74) is 1.57. The molecule has 2 fully saturated rings. The number of aliphatic hydroxyl groups is 3. The third kappa shape index (κ3) is 5.49. The van der Waals surface area contributed by atoms with Crippen LogP contribution in [0.2, 0.25) is 18.1 Å². The molecule has 212 valence electrons. The summed E-state index contributed by atoms with van der Waals surface area (Å²) in [6, 6.07) is 0. The van der Waals surface area contributed by atoms with Crippen molar-refractivity contribution in [2.75, 3.05) is 6.61 Å². The molecule has 0 spiro atoms. The van der Waals surface area contributed by atoms with E-state index in [9.17, 15) is 15.3 Å². The first kappa shape index (κ1) is 30.8. The Morgan fingerprint density at radius 3 is 2.27 bits per heavy atom. The van der Waals surface area contributed by atoms with E-state index >= 15 is 0 Å². The molecule has 0 bridgehead atoms. The lowest BCUT2D eigenvalue weighted by atomic mass is 9.67. The maximum absolute atomic E-state index is 12.1. The fourth-order valence-electron chi connectivity index (χ4n) is 6.43. The maximum atomic E-state index is 12.1. The summed E-state index contributed by atoms with van der Waals surface area (Å²) in [6.45, 7) is 22.1. The van der Waals surface area contributed by atoms with Crippen LogP contribution in [0.5, 0.6) is 0 Å². The van der Waals surface area contributed by atoms with Crippen LogP contribution in [-0.4, -0.2) is 53.8 Å². The average molecular weight is 535 g/mol. The molecule has 0 radical (unpaired) electrons.